The summed E-state index contributed by atoms with van der Waals surface area (Å²) >= 11 is 0. The third-order valence-corrected chi connectivity index (χ3v) is 4.88. The van der Waals surface area contributed by atoms with Gasteiger partial charge in [-0.15, -0.1) is 0 Å². The Labute approximate surface area is 193 Å². The highest BCUT2D eigenvalue weighted by Gasteiger charge is 2.09. The topological polar surface area (TPSA) is 40.0 Å². The summed E-state index contributed by atoms with van der Waals surface area (Å²) in [6, 6.07) is 0. The van der Waals surface area contributed by atoms with Crippen molar-refractivity contribution >= 4 is 5.71 Å². The van der Waals surface area contributed by atoms with Gasteiger partial charge in [-0.2, -0.15) is 0 Å². The Balaban J connectivity index is 3.77. The molecule has 0 aromatic carbocycles. The molecule has 0 saturated carbocycles. The molecule has 0 rings (SSSR count). The van der Waals surface area contributed by atoms with Gasteiger partial charge in [0.25, 0.3) is 0 Å². The van der Waals surface area contributed by atoms with Crippen LogP contribution in [0.3, 0.4) is 0 Å². The first-order valence-electron chi connectivity index (χ1n) is 12.0. The molecule has 0 bridgehead atoms. The summed E-state index contributed by atoms with van der Waals surface area (Å²) in [7, 11) is 0. The van der Waals surface area contributed by atoms with Gasteiger partial charge in [-0.25, -0.2) is 0 Å². The molecule has 0 amide bonds. The van der Waals surface area contributed by atoms with Crippen molar-refractivity contribution in [2.24, 2.45) is 16.0 Å². The molecule has 0 N–H and O–H groups in total. The molecule has 0 saturated heterocycles. The van der Waals surface area contributed by atoms with Crippen LogP contribution in [0.15, 0.2) is 28.5 Å². The van der Waals surface area contributed by atoms with Crippen molar-refractivity contribution in [3.05, 3.63) is 23.3 Å². The van der Waals surface area contributed by atoms with Gasteiger partial charge in [-0.3, -0.25) is 0 Å². The zero-order valence-electron chi connectivity index (χ0n) is 22.1. The Bertz CT molecular complexity index is 548. The van der Waals surface area contributed by atoms with E-state index in [9.17, 15) is 0 Å². The van der Waals surface area contributed by atoms with Gasteiger partial charge in [0.05, 0.1) is 25.5 Å². The van der Waals surface area contributed by atoms with Gasteiger partial charge in [-0.05, 0) is 70.1 Å². The van der Waals surface area contributed by atoms with E-state index in [1.807, 2.05) is 6.92 Å². The molecule has 0 radical (unpaired) electrons. The van der Waals surface area contributed by atoms with Gasteiger partial charge in [0, 0.05) is 6.61 Å². The lowest BCUT2D eigenvalue weighted by molar-refractivity contribution is 0.0113. The minimum Gasteiger partial charge on any atom is -0.393 e. The molecule has 0 heterocycles. The molecule has 182 valence electrons. The maximum Gasteiger partial charge on any atom is 0.140 e. The number of oxime groups is 1. The summed E-state index contributed by atoms with van der Waals surface area (Å²) in [6.07, 6.45) is 11.2. The highest BCUT2D eigenvalue weighted by atomic mass is 16.6. The molecule has 0 fully saturated rings. The van der Waals surface area contributed by atoms with Gasteiger partial charge in [0.1, 0.15) is 6.61 Å². The molecular weight excluding hydrogens is 386 g/mol. The summed E-state index contributed by atoms with van der Waals surface area (Å²) in [5.41, 5.74) is 4.64. The SMILES string of the molecule is C/C(=C\CC(C)(C)C)CC/C=C(\C)CC/C(C)=N/OCCOCCOCCC(C)(C)C. The fourth-order valence-electron chi connectivity index (χ4n) is 2.61. The molecule has 0 aromatic heterocycles. The Kier molecular flexibility index (Phi) is 15.9. The van der Waals surface area contributed by atoms with Crippen LogP contribution in [-0.4, -0.2) is 38.7 Å². The van der Waals surface area contributed by atoms with Crippen molar-refractivity contribution in [1.29, 1.82) is 0 Å². The largest absolute Gasteiger partial charge is 0.393 e. The summed E-state index contributed by atoms with van der Waals surface area (Å²) in [6.45, 7) is 23.0. The predicted molar refractivity (Wildman–Crippen MR) is 135 cm³/mol. The average molecular weight is 438 g/mol. The summed E-state index contributed by atoms with van der Waals surface area (Å²) in [5.74, 6) is 0. The lowest BCUT2D eigenvalue weighted by atomic mass is 9.91. The van der Waals surface area contributed by atoms with E-state index < -0.39 is 0 Å². The van der Waals surface area contributed by atoms with Crippen LogP contribution in [0, 0.1) is 10.8 Å². The number of nitrogens with zero attached hydrogens (tertiary/aromatic N) is 1. The molecule has 0 aliphatic rings. The number of hydrogen-bond acceptors (Lipinski definition) is 4. The van der Waals surface area contributed by atoms with Crippen molar-refractivity contribution in [3.8, 4) is 0 Å². The highest BCUT2D eigenvalue weighted by molar-refractivity contribution is 5.81. The van der Waals surface area contributed by atoms with E-state index in [2.05, 4.69) is 72.7 Å². The maximum absolute atomic E-state index is 5.57. The van der Waals surface area contributed by atoms with Crippen molar-refractivity contribution < 1.29 is 14.3 Å². The van der Waals surface area contributed by atoms with Crippen LogP contribution in [-0.2, 0) is 14.3 Å². The quantitative estimate of drug-likeness (QED) is 0.107. The van der Waals surface area contributed by atoms with Crippen molar-refractivity contribution in [1.82, 2.24) is 0 Å². The molecule has 0 spiro atoms. The van der Waals surface area contributed by atoms with E-state index in [1.54, 1.807) is 0 Å². The van der Waals surface area contributed by atoms with E-state index in [-0.39, 0.29) is 0 Å². The molecule has 0 aromatic rings. The molecule has 4 nitrogen and oxygen atoms in total. The van der Waals surface area contributed by atoms with Gasteiger partial charge in [0.15, 0.2) is 0 Å². The molecule has 31 heavy (non-hydrogen) atoms. The summed E-state index contributed by atoms with van der Waals surface area (Å²) in [5, 5.41) is 4.20. The van der Waals surface area contributed by atoms with Crippen LogP contribution in [0.4, 0.5) is 0 Å². The van der Waals surface area contributed by atoms with E-state index >= 15 is 0 Å². The standard InChI is InChI=1S/C27H51NO3/c1-23(11-10-12-24(2)15-16-26(4,5)6)13-14-25(3)28-31-22-21-30-20-19-29-18-17-27(7,8)9/h11,15H,10,12-14,16-22H2,1-9H3/b23-11+,24-15+,28-25+. The lowest BCUT2D eigenvalue weighted by Gasteiger charge is -2.17. The second-order valence-corrected chi connectivity index (χ2v) is 11.1. The highest BCUT2D eigenvalue weighted by Crippen LogP contribution is 2.21. The van der Waals surface area contributed by atoms with E-state index in [1.165, 1.54) is 11.1 Å². The van der Waals surface area contributed by atoms with Crippen LogP contribution in [0.5, 0.6) is 0 Å². The summed E-state index contributed by atoms with van der Waals surface area (Å²) < 4.78 is 11.1. The number of hydrogen-bond donors (Lipinski definition) is 0. The fourth-order valence-corrected chi connectivity index (χ4v) is 2.61. The second-order valence-electron chi connectivity index (χ2n) is 11.1. The van der Waals surface area contributed by atoms with Gasteiger partial charge >= 0.3 is 0 Å². The van der Waals surface area contributed by atoms with E-state index in [0.29, 0.717) is 37.3 Å². The maximum atomic E-state index is 5.57. The van der Waals surface area contributed by atoms with Gasteiger partial charge in [0.2, 0.25) is 0 Å². The molecule has 4 heteroatoms. The molecule has 0 aliphatic carbocycles. The first-order chi connectivity index (χ1) is 14.4. The number of allylic oxidation sites excluding steroid dienone is 4. The van der Waals surface area contributed by atoms with Gasteiger partial charge < -0.3 is 14.3 Å². The van der Waals surface area contributed by atoms with Crippen LogP contribution >= 0.6 is 0 Å². The Morgan fingerprint density at radius 1 is 0.677 bits per heavy atom. The minimum absolute atomic E-state index is 0.321. The van der Waals surface area contributed by atoms with Gasteiger partial charge in [-0.1, -0.05) is 70.0 Å². The Morgan fingerprint density at radius 3 is 1.87 bits per heavy atom. The molecule has 0 unspecified atom stereocenters. The van der Waals surface area contributed by atoms with Crippen molar-refractivity contribution in [2.45, 2.75) is 101 Å². The predicted octanol–water partition coefficient (Wildman–Crippen LogP) is 7.74. The lowest BCUT2D eigenvalue weighted by Crippen LogP contribution is -2.13. The van der Waals surface area contributed by atoms with Crippen molar-refractivity contribution in [2.75, 3.05) is 33.0 Å². The van der Waals surface area contributed by atoms with Crippen LogP contribution < -0.4 is 0 Å². The summed E-state index contributed by atoms with van der Waals surface area (Å²) in [4.78, 5) is 5.36. The molecular formula is C27H51NO3. The average Bonchev–Trinajstić information content (AvgIpc) is 2.64. The third-order valence-electron chi connectivity index (χ3n) is 4.88. The van der Waals surface area contributed by atoms with E-state index in [4.69, 9.17) is 14.3 Å². The number of rotatable bonds is 16. The zero-order chi connectivity index (χ0) is 23.8. The first kappa shape index (κ1) is 29.9. The Morgan fingerprint density at radius 2 is 1.26 bits per heavy atom. The monoisotopic (exact) mass is 437 g/mol. The normalized spacial score (nSPS) is 14.3. The van der Waals surface area contributed by atoms with Crippen LogP contribution in [0.2, 0.25) is 0 Å². The van der Waals surface area contributed by atoms with Crippen LogP contribution in [0.1, 0.15) is 101 Å². The Hall–Kier alpha value is -1.13. The molecule has 0 atom stereocenters. The van der Waals surface area contributed by atoms with E-state index in [0.717, 1.165) is 50.8 Å². The minimum atomic E-state index is 0.321. The fraction of sp³-hybridized carbons (Fsp3) is 0.815. The third kappa shape index (κ3) is 23.4. The zero-order valence-corrected chi connectivity index (χ0v) is 22.1. The van der Waals surface area contributed by atoms with Crippen LogP contribution in [0.25, 0.3) is 0 Å². The van der Waals surface area contributed by atoms with Crippen molar-refractivity contribution in [3.63, 3.8) is 0 Å². The second kappa shape index (κ2) is 16.5. The number of ether oxygens (including phenoxy) is 2. The smallest absolute Gasteiger partial charge is 0.140 e. The first-order valence-corrected chi connectivity index (χ1v) is 12.0. The molecule has 0 aliphatic heterocycles.